The van der Waals surface area contributed by atoms with E-state index in [4.69, 9.17) is 11.0 Å². The van der Waals surface area contributed by atoms with Crippen LogP contribution in [0.3, 0.4) is 0 Å². The van der Waals surface area contributed by atoms with Gasteiger partial charge in [-0.2, -0.15) is 9.57 Å². The van der Waals surface area contributed by atoms with Gasteiger partial charge in [-0.15, -0.1) is 0 Å². The number of hydrogen-bond donors (Lipinski definition) is 2. The number of nitrogens with two attached hydrogens (primary N) is 1. The van der Waals surface area contributed by atoms with Crippen molar-refractivity contribution in [2.24, 2.45) is 11.7 Å². The highest BCUT2D eigenvalue weighted by atomic mass is 32.2. The minimum atomic E-state index is -3.63. The summed E-state index contributed by atoms with van der Waals surface area (Å²) in [6.07, 6.45) is 1.28. The molecule has 8 heteroatoms. The van der Waals surface area contributed by atoms with Gasteiger partial charge in [0.05, 0.1) is 12.0 Å². The van der Waals surface area contributed by atoms with Gasteiger partial charge in [0, 0.05) is 26.2 Å². The molecule has 2 atom stereocenters. The Hall–Kier alpha value is -1.17. The summed E-state index contributed by atoms with van der Waals surface area (Å²) in [7, 11) is -3.63. The van der Waals surface area contributed by atoms with E-state index in [0.29, 0.717) is 32.5 Å². The molecule has 2 unspecified atom stereocenters. The van der Waals surface area contributed by atoms with E-state index in [1.54, 1.807) is 6.07 Å². The third-order valence-corrected chi connectivity index (χ3v) is 5.24. The van der Waals surface area contributed by atoms with Gasteiger partial charge in [0.2, 0.25) is 15.9 Å². The van der Waals surface area contributed by atoms with Crippen molar-refractivity contribution in [1.29, 1.82) is 5.26 Å². The molecule has 1 fully saturated rings. The van der Waals surface area contributed by atoms with Crippen LogP contribution in [0.5, 0.6) is 0 Å². The van der Waals surface area contributed by atoms with Crippen molar-refractivity contribution < 1.29 is 13.2 Å². The Bertz CT molecular complexity index is 457. The highest BCUT2D eigenvalue weighted by molar-refractivity contribution is 7.89. The zero-order valence-electron chi connectivity index (χ0n) is 11.0. The van der Waals surface area contributed by atoms with Crippen molar-refractivity contribution in [3.8, 4) is 6.07 Å². The molecule has 0 radical (unpaired) electrons. The number of nitrogens with one attached hydrogen (secondary N) is 1. The van der Waals surface area contributed by atoms with E-state index in [1.165, 1.54) is 11.2 Å². The predicted molar refractivity (Wildman–Crippen MR) is 70.4 cm³/mol. The Balaban J connectivity index is 2.70. The molecular weight excluding hydrogens is 268 g/mol. The van der Waals surface area contributed by atoms with Gasteiger partial charge in [-0.25, -0.2) is 8.42 Å². The van der Waals surface area contributed by atoms with Gasteiger partial charge < -0.3 is 11.1 Å². The molecule has 1 aliphatic heterocycles. The van der Waals surface area contributed by atoms with Crippen molar-refractivity contribution >= 4 is 15.9 Å². The molecule has 0 aromatic rings. The molecule has 1 heterocycles. The van der Waals surface area contributed by atoms with E-state index < -0.39 is 15.3 Å². The van der Waals surface area contributed by atoms with Gasteiger partial charge in [-0.3, -0.25) is 4.79 Å². The number of nitrogens with zero attached hydrogens (tertiary/aromatic N) is 2. The Morgan fingerprint density at radius 2 is 2.32 bits per heavy atom. The molecule has 1 aliphatic rings. The molecule has 3 N–H and O–H groups in total. The van der Waals surface area contributed by atoms with Crippen molar-refractivity contribution in [3.05, 3.63) is 0 Å². The maximum absolute atomic E-state index is 12.1. The number of piperidine rings is 1. The lowest BCUT2D eigenvalue weighted by molar-refractivity contribution is -0.126. The maximum atomic E-state index is 12.1. The van der Waals surface area contributed by atoms with E-state index in [1.807, 2.05) is 0 Å². The number of amides is 1. The van der Waals surface area contributed by atoms with Crippen LogP contribution >= 0.6 is 0 Å². The highest BCUT2D eigenvalue weighted by Gasteiger charge is 2.35. The number of rotatable bonds is 5. The zero-order chi connectivity index (χ0) is 14.5. The summed E-state index contributed by atoms with van der Waals surface area (Å²) in [4.78, 5) is 11.8. The second-order valence-electron chi connectivity index (χ2n) is 4.59. The Morgan fingerprint density at radius 3 is 2.89 bits per heavy atom. The lowest BCUT2D eigenvalue weighted by Crippen LogP contribution is -2.48. The fraction of sp³-hybridized carbons (Fsp3) is 0.818. The standard InChI is InChI=1S/C11H20N4O3S/c1-9(7-13)19(17,18)15-6-2-3-10(8-15)11(16)14-5-4-12/h9-10H,2-6,8,12H2,1H3,(H,14,16). The quantitative estimate of drug-likeness (QED) is 0.674. The van der Waals surface area contributed by atoms with Crippen LogP contribution in [-0.4, -0.2) is 50.1 Å². The van der Waals surface area contributed by atoms with Gasteiger partial charge >= 0.3 is 0 Å². The van der Waals surface area contributed by atoms with Gasteiger partial charge in [0.1, 0.15) is 0 Å². The number of hydrogen-bond acceptors (Lipinski definition) is 5. The van der Waals surface area contributed by atoms with Gasteiger partial charge in [0.25, 0.3) is 0 Å². The molecular formula is C11H20N4O3S. The first kappa shape index (κ1) is 15.9. The van der Waals surface area contributed by atoms with Crippen molar-refractivity contribution in [1.82, 2.24) is 9.62 Å². The average Bonchev–Trinajstić information content (AvgIpc) is 2.43. The fourth-order valence-corrected chi connectivity index (χ4v) is 3.37. The first-order chi connectivity index (χ1) is 8.93. The van der Waals surface area contributed by atoms with Crippen LogP contribution < -0.4 is 11.1 Å². The van der Waals surface area contributed by atoms with Crippen molar-refractivity contribution in [2.75, 3.05) is 26.2 Å². The van der Waals surface area contributed by atoms with Crippen LogP contribution in [0.4, 0.5) is 0 Å². The van der Waals surface area contributed by atoms with Crippen LogP contribution in [0.2, 0.25) is 0 Å². The summed E-state index contributed by atoms with van der Waals surface area (Å²) in [5.74, 6) is -0.532. The number of carbonyl (C=O) groups is 1. The largest absolute Gasteiger partial charge is 0.355 e. The predicted octanol–water partition coefficient (Wildman–Crippen LogP) is -0.985. The van der Waals surface area contributed by atoms with Crippen molar-refractivity contribution in [2.45, 2.75) is 25.0 Å². The Morgan fingerprint density at radius 1 is 1.63 bits per heavy atom. The summed E-state index contributed by atoms with van der Waals surface area (Å²) in [5, 5.41) is 10.3. The Labute approximate surface area is 113 Å². The first-order valence-corrected chi connectivity index (χ1v) is 7.80. The zero-order valence-corrected chi connectivity index (χ0v) is 11.8. The smallest absolute Gasteiger partial charge is 0.230 e. The number of sulfonamides is 1. The monoisotopic (exact) mass is 288 g/mol. The average molecular weight is 288 g/mol. The molecule has 0 bridgehead atoms. The van der Waals surface area contributed by atoms with E-state index in [-0.39, 0.29) is 18.4 Å². The lowest BCUT2D eigenvalue weighted by atomic mass is 9.99. The fourth-order valence-electron chi connectivity index (χ4n) is 2.02. The molecule has 108 valence electrons. The first-order valence-electron chi connectivity index (χ1n) is 6.29. The third kappa shape index (κ3) is 3.89. The summed E-state index contributed by atoms with van der Waals surface area (Å²) in [6.45, 7) is 2.61. The SMILES string of the molecule is CC(C#N)S(=O)(=O)N1CCCC(C(=O)NCCN)C1. The highest BCUT2D eigenvalue weighted by Crippen LogP contribution is 2.21. The van der Waals surface area contributed by atoms with E-state index in [9.17, 15) is 13.2 Å². The molecule has 1 rings (SSSR count). The molecule has 1 amide bonds. The van der Waals surface area contributed by atoms with Crippen LogP contribution in [0.25, 0.3) is 0 Å². The minimum Gasteiger partial charge on any atom is -0.355 e. The minimum absolute atomic E-state index is 0.144. The van der Waals surface area contributed by atoms with Gasteiger partial charge in [0.15, 0.2) is 5.25 Å². The second kappa shape index (κ2) is 6.84. The van der Waals surface area contributed by atoms with Crippen LogP contribution in [0.15, 0.2) is 0 Å². The molecule has 0 saturated carbocycles. The lowest BCUT2D eigenvalue weighted by Gasteiger charge is -2.31. The Kier molecular flexibility index (Phi) is 5.72. The molecule has 0 aromatic carbocycles. The summed E-state index contributed by atoms with van der Waals surface area (Å²) < 4.78 is 25.3. The summed E-state index contributed by atoms with van der Waals surface area (Å²) in [5.41, 5.74) is 5.30. The van der Waals surface area contributed by atoms with Crippen LogP contribution in [0.1, 0.15) is 19.8 Å². The van der Waals surface area contributed by atoms with Crippen LogP contribution in [-0.2, 0) is 14.8 Å². The molecule has 0 aromatic heterocycles. The maximum Gasteiger partial charge on any atom is 0.230 e. The molecule has 19 heavy (non-hydrogen) atoms. The number of nitriles is 1. The molecule has 1 saturated heterocycles. The molecule has 0 aliphatic carbocycles. The van der Waals surface area contributed by atoms with E-state index in [0.717, 1.165) is 0 Å². The normalized spacial score (nSPS) is 22.5. The third-order valence-electron chi connectivity index (χ3n) is 3.19. The second-order valence-corrected chi connectivity index (χ2v) is 6.85. The summed E-state index contributed by atoms with van der Waals surface area (Å²) >= 11 is 0. The molecule has 7 nitrogen and oxygen atoms in total. The van der Waals surface area contributed by atoms with Crippen molar-refractivity contribution in [3.63, 3.8) is 0 Å². The summed E-state index contributed by atoms with van der Waals surface area (Å²) in [6, 6.07) is 1.73. The van der Waals surface area contributed by atoms with Gasteiger partial charge in [-0.1, -0.05) is 0 Å². The van der Waals surface area contributed by atoms with E-state index in [2.05, 4.69) is 5.32 Å². The topological polar surface area (TPSA) is 116 Å². The molecule has 0 spiro atoms. The van der Waals surface area contributed by atoms with E-state index >= 15 is 0 Å². The van der Waals surface area contributed by atoms with Crippen LogP contribution in [0, 0.1) is 17.2 Å². The van der Waals surface area contributed by atoms with Gasteiger partial charge in [-0.05, 0) is 19.8 Å². The number of carbonyl (C=O) groups excluding carboxylic acids is 1.